The topological polar surface area (TPSA) is 58.6 Å². The normalized spacial score (nSPS) is 10.9. The van der Waals surface area contributed by atoms with Gasteiger partial charge in [0, 0.05) is 0 Å². The summed E-state index contributed by atoms with van der Waals surface area (Å²) in [4.78, 5) is 17.0. The number of hydrogen-bond acceptors (Lipinski definition) is 3. The van der Waals surface area contributed by atoms with Crippen LogP contribution in [0.5, 0.6) is 5.75 Å². The number of para-hydroxylation sites is 1. The van der Waals surface area contributed by atoms with Crippen LogP contribution in [0.4, 0.5) is 0 Å². The van der Waals surface area contributed by atoms with Crippen molar-refractivity contribution in [1.29, 1.82) is 0 Å². The first kappa shape index (κ1) is 23.5. The molecule has 27 heavy (non-hydrogen) atoms. The summed E-state index contributed by atoms with van der Waals surface area (Å²) in [5.74, 6) is -0.437. The molecule has 0 bridgehead atoms. The van der Waals surface area contributed by atoms with Crippen LogP contribution in [0.25, 0.3) is 0 Å². The van der Waals surface area contributed by atoms with Crippen molar-refractivity contribution in [3.63, 3.8) is 0 Å². The van der Waals surface area contributed by atoms with Gasteiger partial charge in [0.05, 0.1) is 12.2 Å². The van der Waals surface area contributed by atoms with Gasteiger partial charge in [0.1, 0.15) is 5.75 Å². The predicted octanol–water partition coefficient (Wildman–Crippen LogP) is 6.53. The summed E-state index contributed by atoms with van der Waals surface area (Å²) in [5.41, 5.74) is 2.62. The van der Waals surface area contributed by atoms with Gasteiger partial charge in [0.15, 0.2) is 0 Å². The van der Waals surface area contributed by atoms with E-state index in [1.165, 1.54) is 83.1 Å². The fourth-order valence-corrected chi connectivity index (χ4v) is 3.21. The molecular weight excluding hydrogens is 338 g/mol. The molecule has 1 amide bonds. The molecule has 0 spiro atoms. The van der Waals surface area contributed by atoms with Gasteiger partial charge in [-0.2, -0.15) is 0 Å². The predicted molar refractivity (Wildman–Crippen MR) is 112 cm³/mol. The highest BCUT2D eigenvalue weighted by Crippen LogP contribution is 2.15. The Morgan fingerprint density at radius 3 is 1.81 bits per heavy atom. The van der Waals surface area contributed by atoms with Crippen molar-refractivity contribution < 1.29 is 14.7 Å². The molecule has 0 unspecified atom stereocenters. The van der Waals surface area contributed by atoms with Crippen molar-refractivity contribution in [2.75, 3.05) is 6.61 Å². The van der Waals surface area contributed by atoms with Gasteiger partial charge < -0.3 is 5.11 Å². The molecule has 0 aliphatic rings. The van der Waals surface area contributed by atoms with Crippen LogP contribution >= 0.6 is 0 Å². The van der Waals surface area contributed by atoms with Crippen LogP contribution in [0.2, 0.25) is 0 Å². The number of phenols is 1. The third-order valence-electron chi connectivity index (χ3n) is 4.91. The zero-order valence-electron chi connectivity index (χ0n) is 17.2. The molecule has 0 aromatic heterocycles. The Morgan fingerprint density at radius 1 is 0.815 bits per heavy atom. The average Bonchev–Trinajstić information content (AvgIpc) is 2.68. The van der Waals surface area contributed by atoms with E-state index in [4.69, 9.17) is 4.84 Å². The minimum Gasteiger partial charge on any atom is -0.507 e. The Kier molecular flexibility index (Phi) is 14.5. The minimum atomic E-state index is -0.404. The summed E-state index contributed by atoms with van der Waals surface area (Å²) in [5, 5.41) is 9.60. The summed E-state index contributed by atoms with van der Waals surface area (Å²) in [6.45, 7) is 2.78. The number of aromatic hydroxyl groups is 1. The maximum atomic E-state index is 11.8. The molecular formula is C23H39NO3. The highest BCUT2D eigenvalue weighted by molar-refractivity contribution is 5.96. The van der Waals surface area contributed by atoms with Gasteiger partial charge in [-0.25, -0.2) is 5.48 Å². The second kappa shape index (κ2) is 16.6. The molecule has 0 fully saturated rings. The number of carbonyl (C=O) groups excluding carboxylic acids is 1. The van der Waals surface area contributed by atoms with E-state index in [1.54, 1.807) is 18.2 Å². The van der Waals surface area contributed by atoms with Gasteiger partial charge in [-0.3, -0.25) is 9.63 Å². The molecule has 4 heteroatoms. The number of carbonyl (C=O) groups is 1. The first-order chi connectivity index (χ1) is 13.3. The molecule has 0 aliphatic heterocycles. The third-order valence-corrected chi connectivity index (χ3v) is 4.91. The molecule has 154 valence electrons. The van der Waals surface area contributed by atoms with E-state index in [0.717, 1.165) is 12.8 Å². The monoisotopic (exact) mass is 377 g/mol. The number of benzene rings is 1. The van der Waals surface area contributed by atoms with Gasteiger partial charge >= 0.3 is 0 Å². The van der Waals surface area contributed by atoms with E-state index in [-0.39, 0.29) is 11.3 Å². The van der Waals surface area contributed by atoms with Gasteiger partial charge in [0.2, 0.25) is 0 Å². The summed E-state index contributed by atoms with van der Waals surface area (Å²) in [7, 11) is 0. The first-order valence-electron chi connectivity index (χ1n) is 11.0. The zero-order chi connectivity index (χ0) is 19.6. The molecule has 0 radical (unpaired) electrons. The second-order valence-corrected chi connectivity index (χ2v) is 7.39. The quantitative estimate of drug-likeness (QED) is 0.239. The SMILES string of the molecule is CCCCCCCCCCCCCCCCONC(=O)c1ccccc1O. The number of amides is 1. The van der Waals surface area contributed by atoms with Crippen molar-refractivity contribution in [2.24, 2.45) is 0 Å². The number of hydroxylamine groups is 1. The van der Waals surface area contributed by atoms with Crippen LogP contribution < -0.4 is 5.48 Å². The summed E-state index contributed by atoms with van der Waals surface area (Å²) >= 11 is 0. The molecule has 0 heterocycles. The number of hydrogen-bond donors (Lipinski definition) is 2. The lowest BCUT2D eigenvalue weighted by Crippen LogP contribution is -2.24. The van der Waals surface area contributed by atoms with Crippen LogP contribution in [0.15, 0.2) is 24.3 Å². The van der Waals surface area contributed by atoms with E-state index in [1.807, 2.05) is 0 Å². The Morgan fingerprint density at radius 2 is 1.30 bits per heavy atom. The number of unbranched alkanes of at least 4 members (excludes halogenated alkanes) is 13. The Bertz CT molecular complexity index is 490. The Balaban J connectivity index is 1.82. The van der Waals surface area contributed by atoms with Crippen molar-refractivity contribution in [3.8, 4) is 5.75 Å². The zero-order valence-corrected chi connectivity index (χ0v) is 17.2. The van der Waals surface area contributed by atoms with E-state index in [0.29, 0.717) is 6.61 Å². The van der Waals surface area contributed by atoms with Crippen LogP contribution in [0.1, 0.15) is 107 Å². The van der Waals surface area contributed by atoms with Crippen LogP contribution in [0.3, 0.4) is 0 Å². The standard InChI is InChI=1S/C23H39NO3/c1-2-3-4-5-6-7-8-9-10-11-12-13-14-17-20-27-24-23(26)21-18-15-16-19-22(21)25/h15-16,18-19,25H,2-14,17,20H2,1H3,(H,24,26). The van der Waals surface area contributed by atoms with Gasteiger partial charge in [-0.15, -0.1) is 0 Å². The maximum Gasteiger partial charge on any atom is 0.278 e. The number of nitrogens with one attached hydrogen (secondary N) is 1. The lowest BCUT2D eigenvalue weighted by atomic mass is 10.0. The van der Waals surface area contributed by atoms with E-state index < -0.39 is 5.91 Å². The van der Waals surface area contributed by atoms with E-state index >= 15 is 0 Å². The van der Waals surface area contributed by atoms with Crippen molar-refractivity contribution in [3.05, 3.63) is 29.8 Å². The highest BCUT2D eigenvalue weighted by Gasteiger charge is 2.09. The van der Waals surface area contributed by atoms with Crippen molar-refractivity contribution >= 4 is 5.91 Å². The van der Waals surface area contributed by atoms with Gasteiger partial charge in [-0.1, -0.05) is 103 Å². The summed E-state index contributed by atoms with van der Waals surface area (Å²) in [6.07, 6.45) is 18.5. The summed E-state index contributed by atoms with van der Waals surface area (Å²) < 4.78 is 0. The molecule has 0 saturated carbocycles. The molecule has 1 aromatic carbocycles. The number of phenolic OH excluding ortho intramolecular Hbond substituents is 1. The smallest absolute Gasteiger partial charge is 0.278 e. The molecule has 4 nitrogen and oxygen atoms in total. The fourth-order valence-electron chi connectivity index (χ4n) is 3.21. The maximum absolute atomic E-state index is 11.8. The number of rotatable bonds is 17. The fraction of sp³-hybridized carbons (Fsp3) is 0.696. The van der Waals surface area contributed by atoms with Crippen LogP contribution in [0, 0.1) is 0 Å². The first-order valence-corrected chi connectivity index (χ1v) is 11.0. The van der Waals surface area contributed by atoms with Crippen LogP contribution in [-0.2, 0) is 4.84 Å². The summed E-state index contributed by atoms with van der Waals surface area (Å²) in [6, 6.07) is 6.45. The average molecular weight is 378 g/mol. The third kappa shape index (κ3) is 12.5. The molecule has 0 atom stereocenters. The lowest BCUT2D eigenvalue weighted by Gasteiger charge is -2.07. The lowest BCUT2D eigenvalue weighted by molar-refractivity contribution is 0.0295. The molecule has 0 aliphatic carbocycles. The van der Waals surface area contributed by atoms with Crippen molar-refractivity contribution in [2.45, 2.75) is 96.8 Å². The van der Waals surface area contributed by atoms with Gasteiger partial charge in [0.25, 0.3) is 5.91 Å². The van der Waals surface area contributed by atoms with E-state index in [9.17, 15) is 9.90 Å². The van der Waals surface area contributed by atoms with E-state index in [2.05, 4.69) is 12.4 Å². The van der Waals surface area contributed by atoms with Crippen LogP contribution in [-0.4, -0.2) is 17.6 Å². The molecule has 0 saturated heterocycles. The highest BCUT2D eigenvalue weighted by atomic mass is 16.6. The Hall–Kier alpha value is -1.55. The largest absolute Gasteiger partial charge is 0.507 e. The second-order valence-electron chi connectivity index (χ2n) is 7.39. The Labute approximate surface area is 165 Å². The molecule has 2 N–H and O–H groups in total. The van der Waals surface area contributed by atoms with Crippen molar-refractivity contribution in [1.82, 2.24) is 5.48 Å². The molecule has 1 rings (SSSR count). The van der Waals surface area contributed by atoms with Gasteiger partial charge in [-0.05, 0) is 18.6 Å². The molecule has 1 aromatic rings. The minimum absolute atomic E-state index is 0.0323.